The number of rotatable bonds is 9. The van der Waals surface area contributed by atoms with Crippen molar-refractivity contribution in [2.24, 2.45) is 0 Å². The van der Waals surface area contributed by atoms with Crippen LogP contribution in [0.1, 0.15) is 95.2 Å². The van der Waals surface area contributed by atoms with E-state index in [9.17, 15) is 38.0 Å². The van der Waals surface area contributed by atoms with Crippen LogP contribution in [0.5, 0.6) is 0 Å². The predicted octanol–water partition coefficient (Wildman–Crippen LogP) is 14.8. The minimum absolute atomic E-state index is 0.00840. The van der Waals surface area contributed by atoms with Crippen LogP contribution >= 0.6 is 11.8 Å². The van der Waals surface area contributed by atoms with Crippen LogP contribution in [-0.4, -0.2) is 132 Å². The van der Waals surface area contributed by atoms with Gasteiger partial charge >= 0.3 is 24.1 Å². The van der Waals surface area contributed by atoms with E-state index in [1.54, 1.807) is 61.9 Å². The number of nitrogens with one attached hydrogen (secondary N) is 5. The zero-order valence-electron chi connectivity index (χ0n) is 58.5. The van der Waals surface area contributed by atoms with Gasteiger partial charge in [0.1, 0.15) is 5.82 Å². The zero-order chi connectivity index (χ0) is 71.0. The van der Waals surface area contributed by atoms with E-state index in [4.69, 9.17) is 0 Å². The van der Waals surface area contributed by atoms with Gasteiger partial charge in [-0.15, -0.1) is 11.8 Å². The van der Waals surface area contributed by atoms with Crippen molar-refractivity contribution < 1.29 is 38.0 Å². The number of hydrogen-bond acceptors (Lipinski definition) is 8. The van der Waals surface area contributed by atoms with Gasteiger partial charge in [-0.3, -0.25) is 14.4 Å². The Kier molecular flexibility index (Phi) is 24.8. The highest BCUT2D eigenvalue weighted by atomic mass is 32.2. The fourth-order valence-electron chi connectivity index (χ4n) is 12.1. The molecule has 0 fully saturated rings. The molecule has 0 aliphatic carbocycles. The zero-order valence-corrected chi connectivity index (χ0v) is 59.3. The highest BCUT2D eigenvalue weighted by molar-refractivity contribution is 7.98. The normalized spacial score (nSPS) is 13.3. The summed E-state index contributed by atoms with van der Waals surface area (Å²) in [6.45, 7) is 16.7. The molecule has 0 saturated carbocycles. The van der Waals surface area contributed by atoms with Crippen molar-refractivity contribution in [3.05, 3.63) is 247 Å². The third-order valence-electron chi connectivity index (χ3n) is 17.8. The van der Waals surface area contributed by atoms with Gasteiger partial charge in [-0.05, 0) is 171 Å². The minimum atomic E-state index is -0.546. The first-order valence-corrected chi connectivity index (χ1v) is 34.5. The van der Waals surface area contributed by atoms with Crippen molar-refractivity contribution in [3.63, 3.8) is 0 Å². The molecule has 99 heavy (non-hydrogen) atoms. The summed E-state index contributed by atoms with van der Waals surface area (Å²) in [5, 5.41) is 14.2. The topological polar surface area (TPSA) is 199 Å². The molecule has 0 saturated heterocycles. The molecule has 8 aromatic rings. The number of fused-ring (bicyclic) bond motifs is 4. The summed E-state index contributed by atoms with van der Waals surface area (Å²) in [4.78, 5) is 97.2. The average Bonchev–Trinajstić information content (AvgIpc) is 0.835. The third-order valence-corrected chi connectivity index (χ3v) is 18.5. The van der Waals surface area contributed by atoms with E-state index in [0.717, 1.165) is 65.1 Å². The molecule has 18 nitrogen and oxygen atoms in total. The molecule has 4 aliphatic rings. The van der Waals surface area contributed by atoms with Crippen LogP contribution in [0, 0.1) is 40.4 Å². The Morgan fingerprint density at radius 3 is 1.25 bits per heavy atom. The molecular weight excluding hydrogens is 1270 g/mol. The smallest absolute Gasteiger partial charge is 0.322 e. The summed E-state index contributed by atoms with van der Waals surface area (Å²) in [6, 6.07) is 49.8. The molecule has 11 amide bonds. The maximum absolute atomic E-state index is 14.0. The Balaban J connectivity index is 0.000000154. The van der Waals surface area contributed by atoms with Crippen molar-refractivity contribution in [2.75, 3.05) is 87.2 Å². The van der Waals surface area contributed by atoms with Crippen molar-refractivity contribution in [2.45, 2.75) is 105 Å². The number of likely N-dealkylation sites (N-methyl/N-ethyl adjacent to an activating group) is 1. The van der Waals surface area contributed by atoms with E-state index in [-0.39, 0.29) is 54.0 Å². The summed E-state index contributed by atoms with van der Waals surface area (Å²) < 4.78 is 14.0. The molecule has 8 aromatic carbocycles. The fraction of sp³-hybridized carbons (Fsp3) is 0.304. The maximum atomic E-state index is 14.0. The molecular formula is C79H90FN11O7S. The number of thioether (sulfide) groups is 1. The lowest BCUT2D eigenvalue weighted by atomic mass is 9.98. The van der Waals surface area contributed by atoms with Gasteiger partial charge in [0, 0.05) is 115 Å². The second-order valence-electron chi connectivity index (χ2n) is 25.9. The van der Waals surface area contributed by atoms with E-state index >= 15 is 0 Å². The lowest BCUT2D eigenvalue weighted by Gasteiger charge is -2.29. The Morgan fingerprint density at radius 2 is 0.828 bits per heavy atom. The highest BCUT2D eigenvalue weighted by Gasteiger charge is 2.27. The Labute approximate surface area is 585 Å². The van der Waals surface area contributed by atoms with E-state index in [1.165, 1.54) is 85.7 Å². The maximum Gasteiger partial charge on any atom is 0.322 e. The summed E-state index contributed by atoms with van der Waals surface area (Å²) >= 11 is 1.64. The number of urea groups is 4. The number of carbonyl (C=O) groups is 7. The quantitative estimate of drug-likeness (QED) is 0.0879. The molecule has 20 heteroatoms. The van der Waals surface area contributed by atoms with Crippen LogP contribution in [0.2, 0.25) is 0 Å². The SMILES string of the molecule is CC(=O)Nc1ccc(F)c(NC(=O)N2CCc3ccc(C)cc3C2)c1.CSc1ccccc1NC(=O)N1CCc2ccc(C)cc2C1.Cc1ccc2c(c1)CN(C(=O)Nc1cc(C(=O)N(C)C)ccc1C)CC2.Cc1ccc2c(c1)CN(C(=O)Nc1ccccc1CC(=O)N(C)C)CC2. The number of hydrogen-bond donors (Lipinski definition) is 5. The van der Waals surface area contributed by atoms with Gasteiger partial charge < -0.3 is 56.0 Å². The fourth-order valence-corrected chi connectivity index (χ4v) is 12.7. The number of para-hydroxylation sites is 2. The number of nitrogens with zero attached hydrogens (tertiary/aromatic N) is 6. The lowest BCUT2D eigenvalue weighted by Crippen LogP contribution is -2.39. The van der Waals surface area contributed by atoms with Crippen LogP contribution in [0.25, 0.3) is 0 Å². The molecule has 0 atom stereocenters. The van der Waals surface area contributed by atoms with Gasteiger partial charge in [-0.1, -0.05) is 131 Å². The van der Waals surface area contributed by atoms with Crippen molar-refractivity contribution >= 4 is 82.0 Å². The first-order chi connectivity index (χ1) is 47.4. The molecule has 0 spiro atoms. The van der Waals surface area contributed by atoms with Crippen LogP contribution in [0.15, 0.2) is 163 Å². The van der Waals surface area contributed by atoms with E-state index in [1.807, 2.05) is 89.4 Å². The molecule has 5 N–H and O–H groups in total. The first kappa shape index (κ1) is 72.8. The van der Waals surface area contributed by atoms with Gasteiger partial charge in [0.25, 0.3) is 5.91 Å². The van der Waals surface area contributed by atoms with Crippen LogP contribution in [-0.2, 0) is 67.9 Å². The highest BCUT2D eigenvalue weighted by Crippen LogP contribution is 2.30. The van der Waals surface area contributed by atoms with Crippen molar-refractivity contribution in [3.8, 4) is 0 Å². The number of carbonyl (C=O) groups excluding carboxylic acids is 7. The molecule has 516 valence electrons. The summed E-state index contributed by atoms with van der Waals surface area (Å²) in [5.74, 6) is -0.875. The van der Waals surface area contributed by atoms with Crippen molar-refractivity contribution in [1.29, 1.82) is 0 Å². The van der Waals surface area contributed by atoms with Gasteiger partial charge in [-0.2, -0.15) is 0 Å². The van der Waals surface area contributed by atoms with Crippen LogP contribution in [0.4, 0.5) is 52.0 Å². The number of aryl methyl sites for hydroxylation is 5. The molecule has 0 unspecified atom stereocenters. The van der Waals surface area contributed by atoms with Crippen LogP contribution < -0.4 is 26.6 Å². The largest absolute Gasteiger partial charge is 0.349 e. The van der Waals surface area contributed by atoms with E-state index < -0.39 is 5.82 Å². The Bertz CT molecular complexity index is 4310. The second-order valence-corrected chi connectivity index (χ2v) is 26.8. The summed E-state index contributed by atoms with van der Waals surface area (Å²) in [5.41, 5.74) is 19.9. The Morgan fingerprint density at radius 1 is 0.424 bits per heavy atom. The number of amides is 11. The Hall–Kier alpha value is -10.5. The average molecular weight is 1360 g/mol. The third kappa shape index (κ3) is 19.9. The number of anilines is 5. The second kappa shape index (κ2) is 33.7. The minimum Gasteiger partial charge on any atom is -0.349 e. The first-order valence-electron chi connectivity index (χ1n) is 33.3. The van der Waals surface area contributed by atoms with Crippen molar-refractivity contribution in [1.82, 2.24) is 29.4 Å². The van der Waals surface area contributed by atoms with Crippen LogP contribution in [0.3, 0.4) is 0 Å². The van der Waals surface area contributed by atoms with E-state index in [2.05, 4.69) is 120 Å². The monoisotopic (exact) mass is 1360 g/mol. The van der Waals surface area contributed by atoms with Gasteiger partial charge in [-0.25, -0.2) is 23.6 Å². The molecule has 4 heterocycles. The predicted molar refractivity (Wildman–Crippen MR) is 394 cm³/mol. The number of benzene rings is 8. The summed E-state index contributed by atoms with van der Waals surface area (Å²) in [7, 11) is 6.90. The van der Waals surface area contributed by atoms with Gasteiger partial charge in [0.2, 0.25) is 11.8 Å². The molecule has 4 aliphatic heterocycles. The number of halogens is 1. The molecule has 0 aromatic heterocycles. The molecule has 0 radical (unpaired) electrons. The van der Waals surface area contributed by atoms with Gasteiger partial charge in [0.05, 0.1) is 17.8 Å². The van der Waals surface area contributed by atoms with E-state index in [0.29, 0.717) is 68.4 Å². The summed E-state index contributed by atoms with van der Waals surface area (Å²) in [6.07, 6.45) is 5.71. The lowest BCUT2D eigenvalue weighted by molar-refractivity contribution is -0.128. The molecule has 12 rings (SSSR count). The molecule has 0 bridgehead atoms. The van der Waals surface area contributed by atoms with Gasteiger partial charge in [0.15, 0.2) is 0 Å². The standard InChI is InChI=1S/2C21H25N3O2.C19H20FN3O2.C18H20N2OS/c1-14-5-7-16-9-10-24(13-18(16)11-14)21(26)22-19-12-17(8-6-15(19)2)20(25)23(3)4;1-15-8-9-16-10-11-24(14-18(16)12-15)21(26)22-19-7-5-4-6-17(19)13-20(25)23(2)3;1-12-3-4-14-7-8-23(11-15(14)9-12)19(25)22-18-10-16(21-13(2)24)5-6-17(18)20;1-13-7-8-14-9-10-20(12-15(14)11-13)18(21)19-16-5-3-4-6-17(16)22-2/h5-8,11-12H,9-10,13H2,1-4H3,(H,22,26);4-9,12H,10-11,13-14H2,1-3H3,(H,22,26);3-6,9-10H,7-8,11H2,1-2H3,(H,21,24)(H,22,25);3-8,11H,9-10,12H2,1-2H3,(H,19,21).